The molecule has 22 heavy (non-hydrogen) atoms. The second-order valence-electron chi connectivity index (χ2n) is 4.99. The lowest BCUT2D eigenvalue weighted by Gasteiger charge is -2.28. The zero-order valence-corrected chi connectivity index (χ0v) is 15.1. The minimum absolute atomic E-state index is 0.363. The van der Waals surface area contributed by atoms with Gasteiger partial charge in [-0.15, -0.1) is 0 Å². The Hall–Kier alpha value is -0.673. The molecule has 1 fully saturated rings. The first-order chi connectivity index (χ1) is 10.7. The molecule has 0 aromatic rings. The number of nitrogens with zero attached hydrogens (tertiary/aromatic N) is 1. The fourth-order valence-electron chi connectivity index (χ4n) is 2.11. The highest BCUT2D eigenvalue weighted by Crippen LogP contribution is 2.17. The molecule has 0 radical (unpaired) electrons. The summed E-state index contributed by atoms with van der Waals surface area (Å²) in [5.41, 5.74) is 0. The monoisotopic (exact) mass is 334 g/mol. The quantitative estimate of drug-likeness (QED) is 0.312. The summed E-state index contributed by atoms with van der Waals surface area (Å²) < 4.78 is 22.4. The first-order valence-electron chi connectivity index (χ1n) is 8.20. The number of nitrogens with one attached hydrogen (secondary N) is 1. The van der Waals surface area contributed by atoms with Gasteiger partial charge >= 0.3 is 14.9 Å². The molecule has 0 spiro atoms. The van der Waals surface area contributed by atoms with Crippen molar-refractivity contribution in [2.45, 2.75) is 33.2 Å². The van der Waals surface area contributed by atoms with E-state index in [9.17, 15) is 4.79 Å². The van der Waals surface area contributed by atoms with Crippen LogP contribution in [0.1, 0.15) is 27.2 Å². The van der Waals surface area contributed by atoms with Crippen molar-refractivity contribution in [2.24, 2.45) is 0 Å². The zero-order chi connectivity index (χ0) is 16.3. The molecule has 1 aliphatic heterocycles. The highest BCUT2D eigenvalue weighted by molar-refractivity contribution is 6.60. The number of hydrogen-bond donors (Lipinski definition) is 1. The Kier molecular flexibility index (Phi) is 9.65. The Morgan fingerprint density at radius 1 is 1.09 bits per heavy atom. The van der Waals surface area contributed by atoms with E-state index in [-0.39, 0.29) is 6.09 Å². The van der Waals surface area contributed by atoms with Gasteiger partial charge in [-0.2, -0.15) is 0 Å². The van der Waals surface area contributed by atoms with Gasteiger partial charge < -0.3 is 23.3 Å². The molecule has 8 heteroatoms. The molecule has 0 atom stereocenters. The molecule has 0 bridgehead atoms. The van der Waals surface area contributed by atoms with E-state index in [1.165, 1.54) is 0 Å². The van der Waals surface area contributed by atoms with Crippen molar-refractivity contribution in [3.63, 3.8) is 0 Å². The molecule has 0 saturated carbocycles. The fraction of sp³-hybridized carbons (Fsp3) is 0.929. The van der Waals surface area contributed by atoms with Crippen molar-refractivity contribution in [3.05, 3.63) is 0 Å². The minimum atomic E-state index is -2.60. The van der Waals surface area contributed by atoms with Gasteiger partial charge in [0.2, 0.25) is 0 Å². The molecule has 1 rings (SSSR count). The Balaban J connectivity index is 2.18. The van der Waals surface area contributed by atoms with Gasteiger partial charge in [0.05, 0.1) is 0 Å². The maximum atomic E-state index is 11.5. The molecule has 1 saturated heterocycles. The topological polar surface area (TPSA) is 69.0 Å². The lowest BCUT2D eigenvalue weighted by Crippen LogP contribution is -2.46. The zero-order valence-electron chi connectivity index (χ0n) is 14.1. The lowest BCUT2D eigenvalue weighted by molar-refractivity contribution is 0.0706. The van der Waals surface area contributed by atoms with E-state index < -0.39 is 8.80 Å². The number of amides is 1. The molecule has 0 unspecified atom stereocenters. The van der Waals surface area contributed by atoms with E-state index in [2.05, 4.69) is 10.2 Å². The first kappa shape index (κ1) is 19.4. The average molecular weight is 334 g/mol. The summed E-state index contributed by atoms with van der Waals surface area (Å²) in [6.07, 6.45) is 0.381. The Morgan fingerprint density at radius 2 is 1.68 bits per heavy atom. The SMILES string of the molecule is CCO[Si](CCCNC(=O)OCCN1CC1)(OCC)OCC. The first-order valence-corrected chi connectivity index (χ1v) is 10.1. The fourth-order valence-corrected chi connectivity index (χ4v) is 4.72. The Morgan fingerprint density at radius 3 is 2.18 bits per heavy atom. The molecule has 0 aliphatic carbocycles. The van der Waals surface area contributed by atoms with Gasteiger partial charge in [0.1, 0.15) is 6.61 Å². The molecular formula is C14H30N2O5Si. The predicted molar refractivity (Wildman–Crippen MR) is 85.8 cm³/mol. The number of hydrogen-bond acceptors (Lipinski definition) is 6. The van der Waals surface area contributed by atoms with Crippen LogP contribution in [0.2, 0.25) is 6.04 Å². The molecule has 1 amide bonds. The van der Waals surface area contributed by atoms with Crippen molar-refractivity contribution in [1.29, 1.82) is 0 Å². The van der Waals surface area contributed by atoms with E-state index in [1.807, 2.05) is 20.8 Å². The molecular weight excluding hydrogens is 304 g/mol. The number of alkyl carbamates (subject to hydrolysis) is 1. The molecule has 1 heterocycles. The Bertz CT molecular complexity index is 299. The van der Waals surface area contributed by atoms with E-state index in [0.29, 0.717) is 39.0 Å². The van der Waals surface area contributed by atoms with Crippen LogP contribution in [0, 0.1) is 0 Å². The third-order valence-electron chi connectivity index (χ3n) is 3.20. The van der Waals surface area contributed by atoms with Crippen LogP contribution >= 0.6 is 0 Å². The van der Waals surface area contributed by atoms with E-state index in [4.69, 9.17) is 18.0 Å². The lowest BCUT2D eigenvalue weighted by atomic mass is 10.5. The van der Waals surface area contributed by atoms with Crippen LogP contribution in [-0.2, 0) is 18.0 Å². The van der Waals surface area contributed by atoms with Crippen LogP contribution in [0.25, 0.3) is 0 Å². The highest BCUT2D eigenvalue weighted by Gasteiger charge is 2.39. The van der Waals surface area contributed by atoms with Crippen LogP contribution in [0.3, 0.4) is 0 Å². The van der Waals surface area contributed by atoms with Crippen LogP contribution in [0.5, 0.6) is 0 Å². The third-order valence-corrected chi connectivity index (χ3v) is 6.35. The number of ether oxygens (including phenoxy) is 1. The van der Waals surface area contributed by atoms with Crippen LogP contribution < -0.4 is 5.32 Å². The van der Waals surface area contributed by atoms with E-state index in [1.54, 1.807) is 0 Å². The summed E-state index contributed by atoms with van der Waals surface area (Å²) in [5, 5.41) is 2.75. The molecule has 130 valence electrons. The van der Waals surface area contributed by atoms with Crippen molar-refractivity contribution in [2.75, 3.05) is 52.6 Å². The largest absolute Gasteiger partial charge is 0.500 e. The van der Waals surface area contributed by atoms with Gasteiger partial charge in [-0.1, -0.05) is 0 Å². The maximum absolute atomic E-state index is 11.5. The van der Waals surface area contributed by atoms with Gasteiger partial charge in [-0.25, -0.2) is 4.79 Å². The van der Waals surface area contributed by atoms with E-state index in [0.717, 1.165) is 26.1 Å². The van der Waals surface area contributed by atoms with Gasteiger partial charge in [0, 0.05) is 52.0 Å². The van der Waals surface area contributed by atoms with Gasteiger partial charge in [0.15, 0.2) is 0 Å². The number of carbonyl (C=O) groups is 1. The van der Waals surface area contributed by atoms with Crippen molar-refractivity contribution < 1.29 is 22.8 Å². The van der Waals surface area contributed by atoms with Crippen LogP contribution in [0.15, 0.2) is 0 Å². The van der Waals surface area contributed by atoms with Crippen molar-refractivity contribution in [1.82, 2.24) is 10.2 Å². The summed E-state index contributed by atoms with van der Waals surface area (Å²) in [6.45, 7) is 11.5. The molecule has 7 nitrogen and oxygen atoms in total. The summed E-state index contributed by atoms with van der Waals surface area (Å²) in [6, 6.07) is 0.691. The van der Waals surface area contributed by atoms with E-state index >= 15 is 0 Å². The summed E-state index contributed by atoms with van der Waals surface area (Å²) >= 11 is 0. The number of carbonyl (C=O) groups excluding carboxylic acids is 1. The minimum Gasteiger partial charge on any atom is -0.448 e. The van der Waals surface area contributed by atoms with Crippen molar-refractivity contribution >= 4 is 14.9 Å². The highest BCUT2D eigenvalue weighted by atomic mass is 28.4. The Labute approximate surface area is 134 Å². The summed E-state index contributed by atoms with van der Waals surface area (Å²) in [5.74, 6) is 0. The summed E-state index contributed by atoms with van der Waals surface area (Å²) in [4.78, 5) is 13.7. The summed E-state index contributed by atoms with van der Waals surface area (Å²) in [7, 11) is -2.60. The molecule has 1 N–H and O–H groups in total. The predicted octanol–water partition coefficient (Wildman–Crippen LogP) is 1.47. The van der Waals surface area contributed by atoms with Crippen molar-refractivity contribution in [3.8, 4) is 0 Å². The molecule has 0 aromatic carbocycles. The smallest absolute Gasteiger partial charge is 0.448 e. The molecule has 1 aliphatic rings. The van der Waals surface area contributed by atoms with Crippen LogP contribution in [-0.4, -0.2) is 72.4 Å². The second kappa shape index (κ2) is 11.0. The van der Waals surface area contributed by atoms with Gasteiger partial charge in [0.25, 0.3) is 0 Å². The molecule has 0 aromatic heterocycles. The maximum Gasteiger partial charge on any atom is 0.500 e. The normalized spacial score (nSPS) is 14.9. The standard InChI is InChI=1S/C14H30N2O5Si/c1-4-19-22(20-5-2,21-6-3)13-7-8-15-14(17)18-12-11-16-9-10-16/h4-13H2,1-3H3,(H,15,17). The second-order valence-corrected chi connectivity index (χ2v) is 7.72. The van der Waals surface area contributed by atoms with Crippen LogP contribution in [0.4, 0.5) is 4.79 Å². The van der Waals surface area contributed by atoms with Gasteiger partial charge in [-0.3, -0.25) is 4.90 Å². The van der Waals surface area contributed by atoms with Gasteiger partial charge in [-0.05, 0) is 27.2 Å². The third kappa shape index (κ3) is 8.09. The number of rotatable bonds is 13. The average Bonchev–Trinajstić information content (AvgIpc) is 3.29.